The summed E-state index contributed by atoms with van der Waals surface area (Å²) in [5.41, 5.74) is 2.01. The molecule has 0 amide bonds. The van der Waals surface area contributed by atoms with E-state index in [9.17, 15) is 4.79 Å². The minimum atomic E-state index is -1.05. The van der Waals surface area contributed by atoms with Crippen LogP contribution in [-0.4, -0.2) is 21.0 Å². The molecule has 2 aromatic heterocycles. The lowest BCUT2D eigenvalue weighted by Crippen LogP contribution is -2.03. The first kappa shape index (κ1) is 12.5. The van der Waals surface area contributed by atoms with Gasteiger partial charge in [-0.15, -0.1) is 0 Å². The molecule has 2 N–H and O–H groups in total. The number of carboxylic acids is 1. The fourth-order valence-corrected chi connectivity index (χ4v) is 1.42. The highest BCUT2D eigenvalue weighted by molar-refractivity contribution is 5.85. The van der Waals surface area contributed by atoms with E-state index in [0.717, 1.165) is 11.3 Å². The van der Waals surface area contributed by atoms with E-state index in [1.165, 1.54) is 12.3 Å². The highest BCUT2D eigenvalue weighted by Crippen LogP contribution is 2.08. The van der Waals surface area contributed by atoms with Crippen molar-refractivity contribution in [3.63, 3.8) is 0 Å². The number of aromatic carboxylic acids is 1. The monoisotopic (exact) mass is 254 g/mol. The molecule has 0 aliphatic rings. The predicted octanol–water partition coefficient (Wildman–Crippen LogP) is 1.66. The minimum absolute atomic E-state index is 0.0174. The van der Waals surface area contributed by atoms with Gasteiger partial charge in [0.25, 0.3) is 0 Å². The van der Waals surface area contributed by atoms with Gasteiger partial charge in [0, 0.05) is 12.7 Å². The molecule has 0 atom stereocenters. The van der Waals surface area contributed by atoms with Gasteiger partial charge in [0.15, 0.2) is 0 Å². The van der Waals surface area contributed by atoms with Crippen molar-refractivity contribution in [2.24, 2.45) is 0 Å². The summed E-state index contributed by atoms with van der Waals surface area (Å²) in [6, 6.07) is 8.46. The minimum Gasteiger partial charge on any atom is -0.477 e. The number of hydrogen-bond acceptors (Lipinski definition) is 5. The van der Waals surface area contributed by atoms with Crippen molar-refractivity contribution in [2.45, 2.75) is 6.54 Å². The largest absolute Gasteiger partial charge is 0.477 e. The van der Waals surface area contributed by atoms with Crippen molar-refractivity contribution in [1.29, 1.82) is 5.26 Å². The Morgan fingerprint density at radius 3 is 2.63 bits per heavy atom. The van der Waals surface area contributed by atoms with Crippen molar-refractivity contribution in [2.75, 3.05) is 5.32 Å². The quantitative estimate of drug-likeness (QED) is 0.860. The van der Waals surface area contributed by atoms with Crippen LogP contribution in [0.4, 0.5) is 5.69 Å². The zero-order valence-corrected chi connectivity index (χ0v) is 9.87. The van der Waals surface area contributed by atoms with Crippen LogP contribution in [0.5, 0.6) is 0 Å². The highest BCUT2D eigenvalue weighted by atomic mass is 16.4. The van der Waals surface area contributed by atoms with Crippen LogP contribution in [0.1, 0.15) is 21.7 Å². The molecule has 0 radical (unpaired) electrons. The van der Waals surface area contributed by atoms with E-state index < -0.39 is 5.97 Å². The summed E-state index contributed by atoms with van der Waals surface area (Å²) in [5, 5.41) is 20.4. The van der Waals surface area contributed by atoms with Crippen molar-refractivity contribution in [3.05, 3.63) is 53.6 Å². The smallest absolute Gasteiger partial charge is 0.354 e. The van der Waals surface area contributed by atoms with Gasteiger partial charge in [-0.1, -0.05) is 6.07 Å². The van der Waals surface area contributed by atoms with Gasteiger partial charge in [0.05, 0.1) is 11.9 Å². The number of nitriles is 1. The number of nitrogens with one attached hydrogen (secondary N) is 1. The van der Waals surface area contributed by atoms with E-state index in [1.54, 1.807) is 24.4 Å². The van der Waals surface area contributed by atoms with E-state index in [2.05, 4.69) is 15.3 Å². The number of pyridine rings is 2. The lowest BCUT2D eigenvalue weighted by atomic mass is 10.2. The molecule has 2 heterocycles. The van der Waals surface area contributed by atoms with Crippen LogP contribution in [0.3, 0.4) is 0 Å². The molecule has 0 fully saturated rings. The van der Waals surface area contributed by atoms with E-state index in [-0.39, 0.29) is 5.69 Å². The zero-order valence-electron chi connectivity index (χ0n) is 9.87. The number of carboxylic acid groups (broad SMARTS) is 1. The van der Waals surface area contributed by atoms with Crippen LogP contribution in [0, 0.1) is 11.3 Å². The van der Waals surface area contributed by atoms with Gasteiger partial charge in [0.1, 0.15) is 17.5 Å². The molecule has 0 spiro atoms. The molecule has 0 saturated carbocycles. The average Bonchev–Trinajstić information content (AvgIpc) is 2.46. The summed E-state index contributed by atoms with van der Waals surface area (Å²) < 4.78 is 0. The Morgan fingerprint density at radius 2 is 2.11 bits per heavy atom. The molecule has 19 heavy (non-hydrogen) atoms. The summed E-state index contributed by atoms with van der Waals surface area (Å²) in [6.45, 7) is 0.500. The number of nitrogens with zero attached hydrogens (tertiary/aromatic N) is 3. The Bertz CT molecular complexity index is 615. The van der Waals surface area contributed by atoms with E-state index in [0.29, 0.717) is 12.2 Å². The third-order valence-corrected chi connectivity index (χ3v) is 2.42. The summed E-state index contributed by atoms with van der Waals surface area (Å²) in [5.74, 6) is -1.05. The number of anilines is 1. The Balaban J connectivity index is 1.98. The molecule has 0 aliphatic carbocycles. The normalized spacial score (nSPS) is 9.63. The second-order valence-corrected chi connectivity index (χ2v) is 3.75. The maximum atomic E-state index is 10.6. The Hall–Kier alpha value is -2.94. The fraction of sp³-hybridized carbons (Fsp3) is 0.0769. The molecular weight excluding hydrogens is 244 g/mol. The molecule has 2 aromatic rings. The van der Waals surface area contributed by atoms with Gasteiger partial charge in [-0.3, -0.25) is 0 Å². The Kier molecular flexibility index (Phi) is 3.69. The van der Waals surface area contributed by atoms with Gasteiger partial charge in [-0.05, 0) is 23.8 Å². The van der Waals surface area contributed by atoms with Crippen LogP contribution in [0.15, 0.2) is 36.7 Å². The molecule has 6 heteroatoms. The standard InChI is InChI=1S/C13H10N4O2/c14-5-10-2-3-11(8-16-10)15-6-9-1-4-12(13(18)19)17-7-9/h1-4,7-8,15H,6H2,(H,18,19). The number of carbonyl (C=O) groups is 1. The summed E-state index contributed by atoms with van der Waals surface area (Å²) in [4.78, 5) is 18.4. The molecular formula is C13H10N4O2. The molecule has 0 unspecified atom stereocenters. The van der Waals surface area contributed by atoms with Crippen molar-refractivity contribution in [3.8, 4) is 6.07 Å². The van der Waals surface area contributed by atoms with Crippen LogP contribution in [0.2, 0.25) is 0 Å². The molecule has 94 valence electrons. The highest BCUT2D eigenvalue weighted by Gasteiger charge is 2.03. The molecule has 0 aromatic carbocycles. The van der Waals surface area contributed by atoms with E-state index in [1.807, 2.05) is 6.07 Å². The second kappa shape index (κ2) is 5.60. The first-order valence-corrected chi connectivity index (χ1v) is 5.47. The second-order valence-electron chi connectivity index (χ2n) is 3.75. The van der Waals surface area contributed by atoms with E-state index in [4.69, 9.17) is 10.4 Å². The Labute approximate surface area is 109 Å². The van der Waals surface area contributed by atoms with Crippen molar-refractivity contribution in [1.82, 2.24) is 9.97 Å². The van der Waals surface area contributed by atoms with Crippen LogP contribution in [0.25, 0.3) is 0 Å². The molecule has 0 bridgehead atoms. The summed E-state index contributed by atoms with van der Waals surface area (Å²) >= 11 is 0. The van der Waals surface area contributed by atoms with Crippen LogP contribution < -0.4 is 5.32 Å². The lowest BCUT2D eigenvalue weighted by molar-refractivity contribution is 0.0690. The summed E-state index contributed by atoms with van der Waals surface area (Å²) in [7, 11) is 0. The van der Waals surface area contributed by atoms with Crippen LogP contribution in [-0.2, 0) is 6.54 Å². The van der Waals surface area contributed by atoms with Crippen molar-refractivity contribution < 1.29 is 9.90 Å². The average molecular weight is 254 g/mol. The van der Waals surface area contributed by atoms with Crippen molar-refractivity contribution >= 4 is 11.7 Å². The van der Waals surface area contributed by atoms with Gasteiger partial charge < -0.3 is 10.4 Å². The SMILES string of the molecule is N#Cc1ccc(NCc2ccc(C(=O)O)nc2)cn1. The number of aromatic nitrogens is 2. The molecule has 0 saturated heterocycles. The third kappa shape index (κ3) is 3.26. The predicted molar refractivity (Wildman–Crippen MR) is 67.5 cm³/mol. The number of hydrogen-bond donors (Lipinski definition) is 2. The molecule has 6 nitrogen and oxygen atoms in total. The van der Waals surface area contributed by atoms with Gasteiger partial charge in [0.2, 0.25) is 0 Å². The molecule has 2 rings (SSSR count). The third-order valence-electron chi connectivity index (χ3n) is 2.42. The Morgan fingerprint density at radius 1 is 1.26 bits per heavy atom. The maximum Gasteiger partial charge on any atom is 0.354 e. The molecule has 0 aliphatic heterocycles. The zero-order chi connectivity index (χ0) is 13.7. The summed E-state index contributed by atoms with van der Waals surface area (Å²) in [6.07, 6.45) is 3.07. The first-order valence-electron chi connectivity index (χ1n) is 5.47. The van der Waals surface area contributed by atoms with E-state index >= 15 is 0 Å². The van der Waals surface area contributed by atoms with Crippen LogP contribution >= 0.6 is 0 Å². The topological polar surface area (TPSA) is 98.9 Å². The number of rotatable bonds is 4. The van der Waals surface area contributed by atoms with Gasteiger partial charge in [-0.25, -0.2) is 14.8 Å². The maximum absolute atomic E-state index is 10.6. The fourth-order valence-electron chi connectivity index (χ4n) is 1.42. The first-order chi connectivity index (χ1) is 9.19. The lowest BCUT2D eigenvalue weighted by Gasteiger charge is -2.05. The van der Waals surface area contributed by atoms with Gasteiger partial charge >= 0.3 is 5.97 Å². The van der Waals surface area contributed by atoms with Gasteiger partial charge in [-0.2, -0.15) is 5.26 Å².